The van der Waals surface area contributed by atoms with Crippen molar-refractivity contribution in [1.29, 1.82) is 0 Å². The van der Waals surface area contributed by atoms with E-state index in [1.54, 1.807) is 0 Å². The Morgan fingerprint density at radius 3 is 2.63 bits per heavy atom. The van der Waals surface area contributed by atoms with E-state index in [2.05, 4.69) is 37.9 Å². The summed E-state index contributed by atoms with van der Waals surface area (Å²) in [6.45, 7) is 7.13. The zero-order valence-electron chi connectivity index (χ0n) is 21.7. The number of hydrogen-bond donors (Lipinski definition) is 4. The molecule has 4 N–H and O–H groups in total. The molecule has 4 aliphatic rings. The number of nitrogens with one attached hydrogen (secondary N) is 1. The van der Waals surface area contributed by atoms with Crippen LogP contribution < -0.4 is 0 Å². The molecule has 5 heteroatoms. The van der Waals surface area contributed by atoms with E-state index in [1.807, 2.05) is 12.1 Å². The molecule has 0 bridgehead atoms. The maximum atomic E-state index is 11.8. The first-order chi connectivity index (χ1) is 16.7. The third kappa shape index (κ3) is 3.63. The van der Waals surface area contributed by atoms with Crippen molar-refractivity contribution >= 4 is 11.0 Å². The van der Waals surface area contributed by atoms with Crippen LogP contribution in [0.1, 0.15) is 78.0 Å². The lowest BCUT2D eigenvalue weighted by Crippen LogP contribution is -2.62. The number of benzene rings is 1. The van der Waals surface area contributed by atoms with Crippen molar-refractivity contribution in [2.24, 2.45) is 46.3 Å². The predicted octanol–water partition coefficient (Wildman–Crippen LogP) is 5.09. The van der Waals surface area contributed by atoms with Gasteiger partial charge in [0, 0.05) is 6.42 Å². The van der Waals surface area contributed by atoms with Crippen LogP contribution in [-0.4, -0.2) is 43.6 Å². The number of rotatable bonds is 4. The van der Waals surface area contributed by atoms with Gasteiger partial charge in [0.25, 0.3) is 0 Å². The zero-order valence-corrected chi connectivity index (χ0v) is 21.7. The third-order valence-electron chi connectivity index (χ3n) is 11.8. The summed E-state index contributed by atoms with van der Waals surface area (Å²) in [7, 11) is 0. The molecule has 192 valence electrons. The summed E-state index contributed by atoms with van der Waals surface area (Å²) in [6.07, 6.45) is 7.77. The van der Waals surface area contributed by atoms with Crippen LogP contribution >= 0.6 is 0 Å². The largest absolute Gasteiger partial charge is 0.393 e. The average molecular weight is 481 g/mol. The fourth-order valence-corrected chi connectivity index (χ4v) is 9.82. The van der Waals surface area contributed by atoms with Crippen molar-refractivity contribution in [3.05, 3.63) is 30.1 Å². The molecule has 4 aliphatic carbocycles. The molecule has 11 atom stereocenters. The molecule has 1 aromatic carbocycles. The van der Waals surface area contributed by atoms with E-state index >= 15 is 0 Å². The molecule has 35 heavy (non-hydrogen) atoms. The minimum Gasteiger partial charge on any atom is -0.393 e. The molecule has 1 heterocycles. The number of para-hydroxylation sites is 2. The summed E-state index contributed by atoms with van der Waals surface area (Å²) in [5.41, 5.74) is 2.14. The average Bonchev–Trinajstić information content (AvgIpc) is 3.41. The highest BCUT2D eigenvalue weighted by atomic mass is 16.3. The highest BCUT2D eigenvalue weighted by Gasteiger charge is 2.65. The van der Waals surface area contributed by atoms with E-state index in [1.165, 1.54) is 0 Å². The van der Waals surface area contributed by atoms with E-state index < -0.39 is 0 Å². The van der Waals surface area contributed by atoms with Gasteiger partial charge in [-0.15, -0.1) is 0 Å². The van der Waals surface area contributed by atoms with Crippen molar-refractivity contribution in [3.63, 3.8) is 0 Å². The Bertz CT molecular complexity index is 1040. The van der Waals surface area contributed by atoms with Crippen LogP contribution in [0.25, 0.3) is 11.0 Å². The van der Waals surface area contributed by atoms with Crippen molar-refractivity contribution in [2.75, 3.05) is 0 Å². The normalized spacial score (nSPS) is 46.1. The maximum absolute atomic E-state index is 11.8. The van der Waals surface area contributed by atoms with E-state index in [0.29, 0.717) is 29.6 Å². The van der Waals surface area contributed by atoms with Crippen LogP contribution in [0.15, 0.2) is 24.3 Å². The summed E-state index contributed by atoms with van der Waals surface area (Å²) in [6, 6.07) is 8.22. The number of imidazole rings is 1. The molecule has 1 aromatic heterocycles. The Morgan fingerprint density at radius 2 is 1.83 bits per heavy atom. The van der Waals surface area contributed by atoms with Gasteiger partial charge in [0.15, 0.2) is 0 Å². The summed E-state index contributed by atoms with van der Waals surface area (Å²) >= 11 is 0. The Kier molecular flexibility index (Phi) is 5.86. The summed E-state index contributed by atoms with van der Waals surface area (Å²) in [5, 5.41) is 33.6. The first-order valence-corrected chi connectivity index (χ1v) is 14.2. The lowest BCUT2D eigenvalue weighted by atomic mass is 9.43. The quantitative estimate of drug-likeness (QED) is 0.491. The lowest BCUT2D eigenvalue weighted by molar-refractivity contribution is -0.207. The van der Waals surface area contributed by atoms with Gasteiger partial charge >= 0.3 is 0 Å². The summed E-state index contributed by atoms with van der Waals surface area (Å²) in [4.78, 5) is 8.27. The highest BCUT2D eigenvalue weighted by molar-refractivity contribution is 5.74. The van der Waals surface area contributed by atoms with Crippen LogP contribution in [0.3, 0.4) is 0 Å². The molecule has 0 amide bonds. The first kappa shape index (κ1) is 23.9. The number of aliphatic hydroxyl groups excluding tert-OH is 3. The van der Waals surface area contributed by atoms with E-state index in [-0.39, 0.29) is 35.1 Å². The van der Waals surface area contributed by atoms with Gasteiger partial charge in [-0.3, -0.25) is 0 Å². The Hall–Kier alpha value is -1.43. The molecule has 0 spiro atoms. The van der Waals surface area contributed by atoms with Crippen LogP contribution in [0.2, 0.25) is 0 Å². The molecule has 0 radical (unpaired) electrons. The molecule has 2 aromatic rings. The molecular weight excluding hydrogens is 436 g/mol. The molecular formula is C30H44N2O3. The van der Waals surface area contributed by atoms with E-state index in [0.717, 1.165) is 74.6 Å². The molecule has 1 unspecified atom stereocenters. The van der Waals surface area contributed by atoms with Gasteiger partial charge in [-0.25, -0.2) is 4.98 Å². The van der Waals surface area contributed by atoms with Crippen LogP contribution in [0, 0.1) is 46.3 Å². The fourth-order valence-electron chi connectivity index (χ4n) is 9.82. The Morgan fingerprint density at radius 1 is 1.03 bits per heavy atom. The van der Waals surface area contributed by atoms with E-state index in [9.17, 15) is 15.3 Å². The lowest BCUT2D eigenvalue weighted by Gasteiger charge is -2.63. The number of aryl methyl sites for hydroxylation is 1. The minimum absolute atomic E-state index is 0.132. The fraction of sp³-hybridized carbons (Fsp3) is 0.767. The molecule has 4 fully saturated rings. The first-order valence-electron chi connectivity index (χ1n) is 14.2. The second-order valence-corrected chi connectivity index (χ2v) is 13.2. The maximum Gasteiger partial charge on any atom is 0.107 e. The molecule has 6 rings (SSSR count). The number of aromatic nitrogens is 2. The van der Waals surface area contributed by atoms with Gasteiger partial charge in [0.1, 0.15) is 5.82 Å². The zero-order chi connectivity index (χ0) is 24.5. The van der Waals surface area contributed by atoms with Gasteiger partial charge in [0.2, 0.25) is 0 Å². The van der Waals surface area contributed by atoms with Crippen molar-refractivity contribution < 1.29 is 15.3 Å². The smallest absolute Gasteiger partial charge is 0.107 e. The van der Waals surface area contributed by atoms with E-state index in [4.69, 9.17) is 4.98 Å². The van der Waals surface area contributed by atoms with Crippen LogP contribution in [-0.2, 0) is 6.42 Å². The molecule has 5 nitrogen and oxygen atoms in total. The molecule has 0 aliphatic heterocycles. The van der Waals surface area contributed by atoms with Crippen molar-refractivity contribution in [1.82, 2.24) is 9.97 Å². The van der Waals surface area contributed by atoms with Gasteiger partial charge < -0.3 is 20.3 Å². The number of aliphatic hydroxyl groups is 3. The minimum atomic E-state index is -0.315. The number of aromatic amines is 1. The number of fused-ring (bicyclic) bond motifs is 6. The topological polar surface area (TPSA) is 89.4 Å². The second-order valence-electron chi connectivity index (χ2n) is 13.2. The number of hydrogen-bond acceptors (Lipinski definition) is 4. The van der Waals surface area contributed by atoms with Crippen LogP contribution in [0.5, 0.6) is 0 Å². The standard InChI is InChI=1S/C30H44N2O3/c1-17(8-11-27-31-23-6-4-5-7-24(23)32-27)20-9-10-21-28-22(16-26(35)30(20,21)3)29(2)13-12-19(33)14-18(29)15-25(28)34/h4-7,17-22,25-26,28,33-35H,8-16H2,1-3H3,(H,31,32)/t17?,18-,19+,20+,21-,22-,25+,26-,28-,29-,30+/m0/s1. The Labute approximate surface area is 209 Å². The van der Waals surface area contributed by atoms with Gasteiger partial charge in [-0.1, -0.05) is 32.9 Å². The number of nitrogens with zero attached hydrogens (tertiary/aromatic N) is 1. The highest BCUT2D eigenvalue weighted by Crippen LogP contribution is 2.68. The SMILES string of the molecule is CC(CCc1nc2ccccc2[nH]1)[C@H]1CC[C@H]2[C@@H]3[C@H](O)C[C@@H]4C[C@H](O)CC[C@]4(C)[C@H]3C[C@H](O)[C@]12C. The van der Waals surface area contributed by atoms with Crippen LogP contribution in [0.4, 0.5) is 0 Å². The summed E-state index contributed by atoms with van der Waals surface area (Å²) in [5.74, 6) is 3.43. The molecule has 4 saturated carbocycles. The predicted molar refractivity (Wildman–Crippen MR) is 138 cm³/mol. The Balaban J connectivity index is 1.21. The van der Waals surface area contributed by atoms with Gasteiger partial charge in [0.05, 0.1) is 29.3 Å². The second kappa shape index (κ2) is 8.56. The third-order valence-corrected chi connectivity index (χ3v) is 11.8. The van der Waals surface area contributed by atoms with Gasteiger partial charge in [-0.05, 0) is 110 Å². The monoisotopic (exact) mass is 480 g/mol. The van der Waals surface area contributed by atoms with Gasteiger partial charge in [-0.2, -0.15) is 0 Å². The summed E-state index contributed by atoms with van der Waals surface area (Å²) < 4.78 is 0. The van der Waals surface area contributed by atoms with Crippen molar-refractivity contribution in [3.8, 4) is 0 Å². The van der Waals surface area contributed by atoms with Crippen molar-refractivity contribution in [2.45, 2.75) is 96.9 Å². The molecule has 0 saturated heterocycles. The number of H-pyrrole nitrogens is 1.